The van der Waals surface area contributed by atoms with Gasteiger partial charge in [0.1, 0.15) is 5.60 Å². The maximum atomic E-state index is 5.46. The standard InChI is InChI=1S/C9H9NO/c1-9-6-4-2-3-5-7(6)10-8(9)11-9/h2-5,8,10H,1H3. The van der Waals surface area contributed by atoms with E-state index in [0.29, 0.717) is 0 Å². The van der Waals surface area contributed by atoms with Crippen molar-refractivity contribution in [1.29, 1.82) is 0 Å². The number of para-hydroxylation sites is 1. The molecule has 3 rings (SSSR count). The second-order valence-corrected chi connectivity index (χ2v) is 3.29. The molecule has 0 bridgehead atoms. The fourth-order valence-corrected chi connectivity index (χ4v) is 1.77. The molecule has 1 saturated heterocycles. The van der Waals surface area contributed by atoms with Crippen LogP contribution in [0.4, 0.5) is 5.69 Å². The summed E-state index contributed by atoms with van der Waals surface area (Å²) in [5.41, 5.74) is 2.51. The van der Waals surface area contributed by atoms with E-state index in [0.717, 1.165) is 0 Å². The molecule has 56 valence electrons. The monoisotopic (exact) mass is 147 g/mol. The molecular formula is C9H9NO. The molecule has 2 heteroatoms. The summed E-state index contributed by atoms with van der Waals surface area (Å²) in [6.45, 7) is 2.12. The maximum absolute atomic E-state index is 5.46. The van der Waals surface area contributed by atoms with Gasteiger partial charge in [-0.15, -0.1) is 0 Å². The molecule has 1 N–H and O–H groups in total. The summed E-state index contributed by atoms with van der Waals surface area (Å²) in [5.74, 6) is 0. The lowest BCUT2D eigenvalue weighted by Crippen LogP contribution is -2.01. The van der Waals surface area contributed by atoms with E-state index in [9.17, 15) is 0 Å². The van der Waals surface area contributed by atoms with Gasteiger partial charge in [0.2, 0.25) is 0 Å². The molecule has 0 radical (unpaired) electrons. The summed E-state index contributed by atoms with van der Waals surface area (Å²) in [6.07, 6.45) is 0.236. The van der Waals surface area contributed by atoms with Crippen molar-refractivity contribution in [3.05, 3.63) is 29.8 Å². The van der Waals surface area contributed by atoms with Gasteiger partial charge in [0.05, 0.1) is 0 Å². The molecule has 1 aromatic carbocycles. The lowest BCUT2D eigenvalue weighted by molar-refractivity contribution is 0.312. The molecule has 2 aliphatic rings. The first kappa shape index (κ1) is 5.61. The second-order valence-electron chi connectivity index (χ2n) is 3.29. The van der Waals surface area contributed by atoms with Gasteiger partial charge in [-0.1, -0.05) is 18.2 Å². The number of epoxide rings is 1. The molecule has 1 fully saturated rings. The molecule has 2 aliphatic heterocycles. The van der Waals surface area contributed by atoms with Crippen LogP contribution in [0.3, 0.4) is 0 Å². The molecule has 0 aliphatic carbocycles. The van der Waals surface area contributed by atoms with E-state index in [1.807, 2.05) is 6.07 Å². The Hall–Kier alpha value is -1.02. The van der Waals surface area contributed by atoms with Gasteiger partial charge in [0.25, 0.3) is 0 Å². The van der Waals surface area contributed by atoms with Crippen molar-refractivity contribution in [2.45, 2.75) is 18.8 Å². The lowest BCUT2D eigenvalue weighted by atomic mass is 10.0. The maximum Gasteiger partial charge on any atom is 0.162 e. The third kappa shape index (κ3) is 0.521. The van der Waals surface area contributed by atoms with Gasteiger partial charge in [0, 0.05) is 11.3 Å². The molecule has 0 aromatic heterocycles. The van der Waals surface area contributed by atoms with Gasteiger partial charge in [-0.2, -0.15) is 0 Å². The normalized spacial score (nSPS) is 37.4. The SMILES string of the molecule is CC12OC1Nc1ccccc12. The van der Waals surface area contributed by atoms with Crippen LogP contribution in [-0.2, 0) is 10.3 Å². The Morgan fingerprint density at radius 1 is 1.45 bits per heavy atom. The lowest BCUT2D eigenvalue weighted by Gasteiger charge is -2.04. The van der Waals surface area contributed by atoms with Crippen LogP contribution in [0, 0.1) is 0 Å². The summed E-state index contributed by atoms with van der Waals surface area (Å²) in [6, 6.07) is 8.31. The first-order valence-corrected chi connectivity index (χ1v) is 3.84. The predicted octanol–water partition coefficient (Wildman–Crippen LogP) is 1.68. The molecule has 2 atom stereocenters. The summed E-state index contributed by atoms with van der Waals surface area (Å²) in [5, 5.41) is 3.29. The van der Waals surface area contributed by atoms with Crippen LogP contribution >= 0.6 is 0 Å². The Labute approximate surface area is 65.2 Å². The number of anilines is 1. The molecule has 1 aromatic rings. The van der Waals surface area contributed by atoms with E-state index in [-0.39, 0.29) is 11.8 Å². The Morgan fingerprint density at radius 2 is 2.27 bits per heavy atom. The number of fused-ring (bicyclic) bond motifs is 3. The number of hydrogen-bond acceptors (Lipinski definition) is 2. The highest BCUT2D eigenvalue weighted by Crippen LogP contribution is 2.53. The van der Waals surface area contributed by atoms with Crippen LogP contribution in [0.2, 0.25) is 0 Å². The first-order valence-electron chi connectivity index (χ1n) is 3.84. The van der Waals surface area contributed by atoms with Crippen LogP contribution in [0.5, 0.6) is 0 Å². The first-order chi connectivity index (χ1) is 5.31. The summed E-state index contributed by atoms with van der Waals surface area (Å²) < 4.78 is 5.46. The van der Waals surface area contributed by atoms with Crippen molar-refractivity contribution >= 4 is 5.69 Å². The highest BCUT2D eigenvalue weighted by molar-refractivity contribution is 5.62. The third-order valence-electron chi connectivity index (χ3n) is 2.55. The van der Waals surface area contributed by atoms with Gasteiger partial charge < -0.3 is 10.1 Å². The fourth-order valence-electron chi connectivity index (χ4n) is 1.77. The van der Waals surface area contributed by atoms with Gasteiger partial charge in [-0.05, 0) is 13.0 Å². The summed E-state index contributed by atoms with van der Waals surface area (Å²) in [7, 11) is 0. The van der Waals surface area contributed by atoms with Crippen LogP contribution in [0.15, 0.2) is 24.3 Å². The molecule has 2 unspecified atom stereocenters. The topological polar surface area (TPSA) is 24.6 Å². The van der Waals surface area contributed by atoms with Crippen LogP contribution in [0.1, 0.15) is 12.5 Å². The van der Waals surface area contributed by atoms with E-state index < -0.39 is 0 Å². The molecule has 11 heavy (non-hydrogen) atoms. The average Bonchev–Trinajstić information content (AvgIpc) is 2.57. The van der Waals surface area contributed by atoms with E-state index in [1.165, 1.54) is 11.3 Å². The second kappa shape index (κ2) is 1.43. The summed E-state index contributed by atoms with van der Waals surface area (Å²) in [4.78, 5) is 0. The van der Waals surface area contributed by atoms with Crippen LogP contribution in [-0.4, -0.2) is 6.23 Å². The Balaban J connectivity index is 2.24. The highest BCUT2D eigenvalue weighted by atomic mass is 16.6. The van der Waals surface area contributed by atoms with E-state index in [1.54, 1.807) is 0 Å². The van der Waals surface area contributed by atoms with E-state index in [4.69, 9.17) is 4.74 Å². The number of hydrogen-bond donors (Lipinski definition) is 1. The fraction of sp³-hybridized carbons (Fsp3) is 0.333. The minimum Gasteiger partial charge on any atom is -0.357 e. The minimum absolute atomic E-state index is 0.0173. The molecule has 0 saturated carbocycles. The van der Waals surface area contributed by atoms with Crippen LogP contribution < -0.4 is 5.32 Å². The van der Waals surface area contributed by atoms with Crippen molar-refractivity contribution < 1.29 is 4.74 Å². The van der Waals surface area contributed by atoms with E-state index in [2.05, 4.69) is 30.4 Å². The largest absolute Gasteiger partial charge is 0.357 e. The molecular weight excluding hydrogens is 138 g/mol. The Kier molecular flexibility index (Phi) is 0.730. The van der Waals surface area contributed by atoms with Gasteiger partial charge in [0.15, 0.2) is 6.23 Å². The van der Waals surface area contributed by atoms with Crippen LogP contribution in [0.25, 0.3) is 0 Å². The van der Waals surface area contributed by atoms with E-state index >= 15 is 0 Å². The zero-order valence-corrected chi connectivity index (χ0v) is 6.29. The molecule has 0 amide bonds. The average molecular weight is 147 g/mol. The predicted molar refractivity (Wildman–Crippen MR) is 42.3 cm³/mol. The quantitative estimate of drug-likeness (QED) is 0.565. The van der Waals surface area contributed by atoms with Crippen molar-refractivity contribution in [2.75, 3.05) is 5.32 Å². The Bertz CT molecular complexity index is 323. The zero-order valence-electron chi connectivity index (χ0n) is 6.29. The molecule has 2 nitrogen and oxygen atoms in total. The number of nitrogens with one attached hydrogen (secondary N) is 1. The number of benzene rings is 1. The van der Waals surface area contributed by atoms with Crippen molar-refractivity contribution in [1.82, 2.24) is 0 Å². The van der Waals surface area contributed by atoms with Crippen molar-refractivity contribution in [3.8, 4) is 0 Å². The third-order valence-corrected chi connectivity index (χ3v) is 2.55. The summed E-state index contributed by atoms with van der Waals surface area (Å²) >= 11 is 0. The highest BCUT2D eigenvalue weighted by Gasteiger charge is 2.59. The van der Waals surface area contributed by atoms with Gasteiger partial charge in [-0.3, -0.25) is 0 Å². The minimum atomic E-state index is -0.0173. The zero-order chi connectivity index (χ0) is 7.47. The van der Waals surface area contributed by atoms with Gasteiger partial charge >= 0.3 is 0 Å². The Morgan fingerprint density at radius 3 is 3.09 bits per heavy atom. The van der Waals surface area contributed by atoms with Crippen molar-refractivity contribution in [2.24, 2.45) is 0 Å². The smallest absolute Gasteiger partial charge is 0.162 e. The number of ether oxygens (including phenoxy) is 1. The van der Waals surface area contributed by atoms with Gasteiger partial charge in [-0.25, -0.2) is 0 Å². The number of rotatable bonds is 0. The van der Waals surface area contributed by atoms with Crippen molar-refractivity contribution in [3.63, 3.8) is 0 Å². The molecule has 0 spiro atoms. The molecule has 2 heterocycles.